The monoisotopic (exact) mass is 554 g/mol. The summed E-state index contributed by atoms with van der Waals surface area (Å²) in [4.78, 5) is 29.9. The predicted molar refractivity (Wildman–Crippen MR) is 135 cm³/mol. The third kappa shape index (κ3) is 10.1. The minimum atomic E-state index is -4.63. The second-order valence-electron chi connectivity index (χ2n) is 7.92. The molecule has 0 bridgehead atoms. The molecule has 13 heteroatoms. The molecule has 0 aliphatic rings. The van der Waals surface area contributed by atoms with Gasteiger partial charge in [-0.1, -0.05) is 49.4 Å². The third-order valence-corrected chi connectivity index (χ3v) is 6.76. The first-order valence-corrected chi connectivity index (χ1v) is 13.4. The van der Waals surface area contributed by atoms with Crippen LogP contribution in [0.1, 0.15) is 34.8 Å². The van der Waals surface area contributed by atoms with Crippen LogP contribution in [0.4, 0.5) is 10.5 Å². The Kier molecular flexibility index (Phi) is 12.0. The molecule has 0 radical (unpaired) electrons. The van der Waals surface area contributed by atoms with E-state index in [1.807, 2.05) is 47.4 Å². The average molecular weight is 555 g/mol. The number of nitrogens with zero attached hydrogens (tertiary/aromatic N) is 1. The van der Waals surface area contributed by atoms with E-state index in [9.17, 15) is 22.6 Å². The Morgan fingerprint density at radius 3 is 2.24 bits per heavy atom. The third-order valence-electron chi connectivity index (χ3n) is 5.26. The fraction of sp³-hybridized carbons (Fsp3) is 0.292. The predicted octanol–water partition coefficient (Wildman–Crippen LogP) is -0.0511. The molecular weight excluding hydrogens is 527 g/mol. The van der Waals surface area contributed by atoms with Crippen LogP contribution in [0.5, 0.6) is 0 Å². The molecule has 2 amide bonds. The van der Waals surface area contributed by atoms with Crippen LogP contribution in [0.2, 0.25) is 0 Å². The number of rotatable bonds is 11. The number of carbonyl (C=O) groups excluding carboxylic acids is 2. The van der Waals surface area contributed by atoms with E-state index in [0.717, 1.165) is 22.6 Å². The van der Waals surface area contributed by atoms with Crippen molar-refractivity contribution < 1.29 is 56.9 Å². The molecule has 192 valence electrons. The van der Waals surface area contributed by atoms with Gasteiger partial charge in [-0.3, -0.25) is 9.52 Å². The number of hydrogen-bond acceptors (Lipinski definition) is 8. The largest absolute Gasteiger partial charge is 1.00 e. The molecule has 2 unspecified atom stereocenters. The minimum Gasteiger partial charge on any atom is -0.731 e. The Morgan fingerprint density at radius 2 is 1.68 bits per heavy atom. The van der Waals surface area contributed by atoms with Crippen LogP contribution >= 0.6 is 11.3 Å². The summed E-state index contributed by atoms with van der Waals surface area (Å²) in [5, 5.41) is 8.38. The van der Waals surface area contributed by atoms with Gasteiger partial charge in [0.25, 0.3) is 0 Å². The number of benzene rings is 2. The summed E-state index contributed by atoms with van der Waals surface area (Å²) in [6.07, 6.45) is 0.631. The van der Waals surface area contributed by atoms with E-state index in [1.165, 1.54) is 30.6 Å². The molecule has 0 saturated heterocycles. The van der Waals surface area contributed by atoms with Gasteiger partial charge >= 0.3 is 35.7 Å². The Balaban J connectivity index is 0.00000481. The number of methoxy groups -OCH3 is 1. The fourth-order valence-corrected chi connectivity index (χ4v) is 4.72. The van der Waals surface area contributed by atoms with Gasteiger partial charge < -0.3 is 19.9 Å². The van der Waals surface area contributed by atoms with Gasteiger partial charge in [0.15, 0.2) is 10.3 Å². The van der Waals surface area contributed by atoms with Crippen molar-refractivity contribution in [2.24, 2.45) is 0 Å². The number of anilines is 1. The van der Waals surface area contributed by atoms with Gasteiger partial charge in [0.1, 0.15) is 6.04 Å². The minimum absolute atomic E-state index is 0. The second-order valence-corrected chi connectivity index (χ2v) is 9.97. The Morgan fingerprint density at radius 1 is 1.03 bits per heavy atom. The molecule has 2 aromatic carbocycles. The van der Waals surface area contributed by atoms with E-state index >= 15 is 0 Å². The van der Waals surface area contributed by atoms with Gasteiger partial charge in [-0.2, -0.15) is 0 Å². The summed E-state index contributed by atoms with van der Waals surface area (Å²) in [6, 6.07) is 14.1. The average Bonchev–Trinajstić information content (AvgIpc) is 3.33. The Hall–Kier alpha value is -2.48. The molecule has 10 nitrogen and oxygen atoms in total. The fourth-order valence-electron chi connectivity index (χ4n) is 3.50. The van der Waals surface area contributed by atoms with Gasteiger partial charge in [0.2, 0.25) is 5.91 Å². The van der Waals surface area contributed by atoms with Crippen LogP contribution in [0.15, 0.2) is 60.0 Å². The Bertz CT molecular complexity index is 1270. The summed E-state index contributed by atoms with van der Waals surface area (Å²) in [6.45, 7) is 1.99. The van der Waals surface area contributed by atoms with Gasteiger partial charge in [-0.15, -0.1) is 11.3 Å². The molecule has 0 saturated carbocycles. The maximum atomic E-state index is 13.3. The van der Waals surface area contributed by atoms with Gasteiger partial charge in [-0.25, -0.2) is 18.2 Å². The van der Waals surface area contributed by atoms with Gasteiger partial charge in [0, 0.05) is 17.5 Å². The van der Waals surface area contributed by atoms with Crippen molar-refractivity contribution >= 4 is 39.3 Å². The van der Waals surface area contributed by atoms with Crippen molar-refractivity contribution in [1.29, 1.82) is 0 Å². The number of alkyl carbamates (subject to hydrolysis) is 1. The summed E-state index contributed by atoms with van der Waals surface area (Å²) >= 11 is 1.49. The van der Waals surface area contributed by atoms with Crippen LogP contribution in [0.3, 0.4) is 0 Å². The van der Waals surface area contributed by atoms with Crippen molar-refractivity contribution in [3.05, 3.63) is 81.8 Å². The van der Waals surface area contributed by atoms with Crippen molar-refractivity contribution in [1.82, 2.24) is 15.6 Å². The molecule has 1 heterocycles. The van der Waals surface area contributed by atoms with E-state index in [2.05, 4.69) is 15.6 Å². The number of aryl methyl sites for hydroxylation is 1. The van der Waals surface area contributed by atoms with Crippen molar-refractivity contribution in [3.63, 3.8) is 0 Å². The molecule has 3 rings (SSSR count). The van der Waals surface area contributed by atoms with Crippen LogP contribution < -0.4 is 44.9 Å². The summed E-state index contributed by atoms with van der Waals surface area (Å²) < 4.78 is 39.4. The number of carbonyl (C=O) groups is 2. The van der Waals surface area contributed by atoms with Crippen LogP contribution in [-0.4, -0.2) is 43.1 Å². The SMILES string of the molecule is CCc1nc(C(Cc2ccc(NS(=O)(=O)[O-])cc2)NC(=O)C(Cc2ccccc2)NC(=O)OC)cs1.[Na+]. The first kappa shape index (κ1) is 30.7. The maximum absolute atomic E-state index is 13.3. The van der Waals surface area contributed by atoms with E-state index in [4.69, 9.17) is 4.74 Å². The quantitative estimate of drug-likeness (QED) is 0.222. The smallest absolute Gasteiger partial charge is 0.731 e. The molecule has 37 heavy (non-hydrogen) atoms. The first-order chi connectivity index (χ1) is 17.2. The molecule has 1 aromatic heterocycles. The first-order valence-electron chi connectivity index (χ1n) is 11.1. The zero-order valence-corrected chi connectivity index (χ0v) is 24.4. The number of thiazole rings is 1. The van der Waals surface area contributed by atoms with E-state index in [1.54, 1.807) is 12.1 Å². The van der Waals surface area contributed by atoms with Gasteiger partial charge in [0.05, 0.1) is 23.9 Å². The number of nitrogens with one attached hydrogen (secondary N) is 3. The normalized spacial score (nSPS) is 12.5. The topological polar surface area (TPSA) is 150 Å². The van der Waals surface area contributed by atoms with Crippen molar-refractivity contribution in [2.75, 3.05) is 11.8 Å². The summed E-state index contributed by atoms with van der Waals surface area (Å²) in [5.74, 6) is -0.406. The van der Waals surface area contributed by atoms with E-state index in [0.29, 0.717) is 12.1 Å². The molecule has 0 spiro atoms. The molecule has 0 fully saturated rings. The summed E-state index contributed by atoms with van der Waals surface area (Å²) in [5.41, 5.74) is 2.46. The zero-order chi connectivity index (χ0) is 26.1. The van der Waals surface area contributed by atoms with Crippen LogP contribution in [0, 0.1) is 0 Å². The van der Waals surface area contributed by atoms with Crippen LogP contribution in [-0.2, 0) is 39.1 Å². The number of amides is 2. The standard InChI is InChI=1S/C24H28N4O6S2.Na/c1-3-22-25-21(15-35-22)19(13-17-9-11-18(12-10-17)28-36(31,32)33)26-23(29)20(27-24(30)34-2)14-16-7-5-4-6-8-16;/h4-12,15,19-20,28H,3,13-14H2,1-2H3,(H,26,29)(H,27,30)(H,31,32,33);/q;+1/p-1. The molecule has 2 atom stereocenters. The maximum Gasteiger partial charge on any atom is 1.00 e. The number of ether oxygens (including phenoxy) is 1. The molecule has 3 N–H and O–H groups in total. The van der Waals surface area contributed by atoms with E-state index in [-0.39, 0.29) is 41.7 Å². The van der Waals surface area contributed by atoms with E-state index < -0.39 is 34.4 Å². The van der Waals surface area contributed by atoms with Crippen molar-refractivity contribution in [3.8, 4) is 0 Å². The van der Waals surface area contributed by atoms with Crippen molar-refractivity contribution in [2.45, 2.75) is 38.3 Å². The number of hydrogen-bond donors (Lipinski definition) is 3. The molecule has 3 aromatic rings. The molecule has 0 aliphatic carbocycles. The number of aromatic nitrogens is 1. The Labute approximate surface area is 242 Å². The molecular formula is C24H27N4NaO6S2. The van der Waals surface area contributed by atoms with Crippen LogP contribution in [0.25, 0.3) is 0 Å². The second kappa shape index (κ2) is 14.5. The zero-order valence-electron chi connectivity index (χ0n) is 20.8. The summed E-state index contributed by atoms with van der Waals surface area (Å²) in [7, 11) is -3.40. The van der Waals surface area contributed by atoms with Gasteiger partial charge in [-0.05, 0) is 36.1 Å². The molecule has 0 aliphatic heterocycles.